The number of rotatable bonds is 17. The third-order valence-corrected chi connectivity index (χ3v) is 6.68. The van der Waals surface area contributed by atoms with Crippen LogP contribution in [-0.2, 0) is 19.1 Å². The molecule has 0 aromatic heterocycles. The first-order valence-electron chi connectivity index (χ1n) is 12.9. The Morgan fingerprint density at radius 3 is 1.80 bits per heavy atom. The summed E-state index contributed by atoms with van der Waals surface area (Å²) in [6.07, 6.45) is 18.8. The predicted octanol–water partition coefficient (Wildman–Crippen LogP) is 7.38. The molecule has 1 saturated carbocycles. The van der Waals surface area contributed by atoms with Gasteiger partial charge in [-0.1, -0.05) is 97.3 Å². The lowest BCUT2D eigenvalue weighted by Crippen LogP contribution is -2.44. The Balaban J connectivity index is 2.32. The second-order valence-electron chi connectivity index (χ2n) is 9.41. The zero-order chi connectivity index (χ0) is 22.1. The second kappa shape index (κ2) is 16.6. The van der Waals surface area contributed by atoms with Crippen molar-refractivity contribution in [3.8, 4) is 0 Å². The van der Waals surface area contributed by atoms with Crippen LogP contribution in [0.15, 0.2) is 0 Å². The van der Waals surface area contributed by atoms with E-state index in [1.807, 2.05) is 6.92 Å². The van der Waals surface area contributed by atoms with E-state index in [1.165, 1.54) is 57.8 Å². The number of ether oxygens (including phenoxy) is 2. The molecule has 0 aliphatic heterocycles. The number of unbranched alkanes of at least 4 members (excludes halogenated alkanes) is 11. The van der Waals surface area contributed by atoms with Crippen LogP contribution in [0.1, 0.15) is 130 Å². The van der Waals surface area contributed by atoms with Gasteiger partial charge in [-0.25, -0.2) is 0 Å². The van der Waals surface area contributed by atoms with Crippen molar-refractivity contribution in [2.24, 2.45) is 11.3 Å². The van der Waals surface area contributed by atoms with Gasteiger partial charge in [-0.3, -0.25) is 9.59 Å². The number of hydrogen-bond donors (Lipinski definition) is 0. The van der Waals surface area contributed by atoms with E-state index in [1.54, 1.807) is 0 Å². The van der Waals surface area contributed by atoms with Crippen molar-refractivity contribution in [1.29, 1.82) is 0 Å². The maximum Gasteiger partial charge on any atom is 0.312 e. The summed E-state index contributed by atoms with van der Waals surface area (Å²) >= 11 is 0. The van der Waals surface area contributed by atoms with Gasteiger partial charge in [0.15, 0.2) is 0 Å². The van der Waals surface area contributed by atoms with Crippen LogP contribution < -0.4 is 0 Å². The molecular formula is C26H48O4. The molecular weight excluding hydrogens is 376 g/mol. The molecule has 0 amide bonds. The summed E-state index contributed by atoms with van der Waals surface area (Å²) in [5.41, 5.74) is -0.725. The predicted molar refractivity (Wildman–Crippen MR) is 123 cm³/mol. The lowest BCUT2D eigenvalue weighted by molar-refractivity contribution is -0.172. The Hall–Kier alpha value is -1.06. The molecule has 0 radical (unpaired) electrons. The van der Waals surface area contributed by atoms with Gasteiger partial charge >= 0.3 is 11.9 Å². The molecule has 4 heteroatoms. The molecule has 1 aliphatic carbocycles. The Bertz CT molecular complexity index is 462. The molecule has 0 spiro atoms. The first-order chi connectivity index (χ1) is 14.6. The lowest BCUT2D eigenvalue weighted by atomic mass is 9.67. The van der Waals surface area contributed by atoms with Gasteiger partial charge in [0.05, 0.1) is 24.5 Å². The summed E-state index contributed by atoms with van der Waals surface area (Å²) in [6, 6.07) is 0. The molecule has 0 aromatic rings. The molecule has 0 saturated heterocycles. The third kappa shape index (κ3) is 10.3. The van der Waals surface area contributed by atoms with Crippen LogP contribution in [0.2, 0.25) is 0 Å². The fourth-order valence-corrected chi connectivity index (χ4v) is 4.50. The standard InChI is InChI=1S/C26H48O4/c1-4-6-8-10-12-14-17-21-29-24(27)23-19-15-16-20-26(23,3)25(28)30-22-18-13-11-9-7-5-2/h23H,4-22H2,1-3H3. The van der Waals surface area contributed by atoms with Crippen molar-refractivity contribution >= 4 is 11.9 Å². The Labute approximate surface area is 185 Å². The van der Waals surface area contributed by atoms with Crippen molar-refractivity contribution < 1.29 is 19.1 Å². The summed E-state index contributed by atoms with van der Waals surface area (Å²) in [7, 11) is 0. The van der Waals surface area contributed by atoms with Crippen molar-refractivity contribution in [2.75, 3.05) is 13.2 Å². The number of hydrogen-bond acceptors (Lipinski definition) is 4. The summed E-state index contributed by atoms with van der Waals surface area (Å²) in [4.78, 5) is 25.6. The van der Waals surface area contributed by atoms with Crippen molar-refractivity contribution in [1.82, 2.24) is 0 Å². The SMILES string of the molecule is CCCCCCCCCOC(=O)C1CCCCC1(C)C(=O)OCCCCCCCC. The molecule has 30 heavy (non-hydrogen) atoms. The second-order valence-corrected chi connectivity index (χ2v) is 9.41. The van der Waals surface area contributed by atoms with E-state index in [2.05, 4.69) is 13.8 Å². The summed E-state index contributed by atoms with van der Waals surface area (Å²) < 4.78 is 11.2. The first kappa shape index (κ1) is 27.0. The molecule has 0 N–H and O–H groups in total. The monoisotopic (exact) mass is 424 g/mol. The van der Waals surface area contributed by atoms with Gasteiger partial charge in [-0.15, -0.1) is 0 Å². The fourth-order valence-electron chi connectivity index (χ4n) is 4.50. The van der Waals surface area contributed by atoms with E-state index in [9.17, 15) is 9.59 Å². The van der Waals surface area contributed by atoms with Crippen LogP contribution in [-0.4, -0.2) is 25.2 Å². The maximum absolute atomic E-state index is 12.8. The average Bonchev–Trinajstić information content (AvgIpc) is 2.75. The topological polar surface area (TPSA) is 52.6 Å². The van der Waals surface area contributed by atoms with Crippen molar-refractivity contribution in [3.63, 3.8) is 0 Å². The van der Waals surface area contributed by atoms with E-state index in [4.69, 9.17) is 9.47 Å². The fraction of sp³-hybridized carbons (Fsp3) is 0.923. The third-order valence-electron chi connectivity index (χ3n) is 6.68. The Morgan fingerprint density at radius 1 is 0.733 bits per heavy atom. The van der Waals surface area contributed by atoms with Crippen LogP contribution in [0.4, 0.5) is 0 Å². The Kier molecular flexibility index (Phi) is 14.9. The molecule has 176 valence electrons. The summed E-state index contributed by atoms with van der Waals surface area (Å²) in [5.74, 6) is -0.749. The maximum atomic E-state index is 12.8. The van der Waals surface area contributed by atoms with E-state index in [0.29, 0.717) is 13.2 Å². The highest BCUT2D eigenvalue weighted by atomic mass is 16.5. The molecule has 1 fully saturated rings. The van der Waals surface area contributed by atoms with E-state index >= 15 is 0 Å². The van der Waals surface area contributed by atoms with E-state index < -0.39 is 5.41 Å². The molecule has 0 aromatic carbocycles. The van der Waals surface area contributed by atoms with Gasteiger partial charge in [-0.2, -0.15) is 0 Å². The highest BCUT2D eigenvalue weighted by Crippen LogP contribution is 2.42. The number of carbonyl (C=O) groups is 2. The van der Waals surface area contributed by atoms with Crippen LogP contribution >= 0.6 is 0 Å². The zero-order valence-electron chi connectivity index (χ0n) is 20.1. The minimum absolute atomic E-state index is 0.195. The first-order valence-corrected chi connectivity index (χ1v) is 12.9. The molecule has 0 bridgehead atoms. The molecule has 2 atom stereocenters. The quantitative estimate of drug-likeness (QED) is 0.180. The van der Waals surface area contributed by atoms with Crippen molar-refractivity contribution in [2.45, 2.75) is 130 Å². The normalized spacial score (nSPS) is 21.4. The van der Waals surface area contributed by atoms with Gasteiger partial charge in [0, 0.05) is 0 Å². The minimum atomic E-state index is -0.725. The van der Waals surface area contributed by atoms with E-state index in [-0.39, 0.29) is 17.9 Å². The van der Waals surface area contributed by atoms with Crippen molar-refractivity contribution in [3.05, 3.63) is 0 Å². The average molecular weight is 425 g/mol. The van der Waals surface area contributed by atoms with Gasteiger partial charge in [0.2, 0.25) is 0 Å². The van der Waals surface area contributed by atoms with Crippen LogP contribution in [0.25, 0.3) is 0 Å². The lowest BCUT2D eigenvalue weighted by Gasteiger charge is -2.37. The smallest absolute Gasteiger partial charge is 0.312 e. The van der Waals surface area contributed by atoms with Crippen LogP contribution in [0.5, 0.6) is 0 Å². The molecule has 2 unspecified atom stereocenters. The zero-order valence-corrected chi connectivity index (χ0v) is 20.1. The van der Waals surface area contributed by atoms with Gasteiger partial charge in [0.25, 0.3) is 0 Å². The van der Waals surface area contributed by atoms with Gasteiger partial charge in [-0.05, 0) is 32.6 Å². The summed E-state index contributed by atoms with van der Waals surface area (Å²) in [5, 5.41) is 0. The molecule has 4 nitrogen and oxygen atoms in total. The van der Waals surface area contributed by atoms with Crippen LogP contribution in [0, 0.1) is 11.3 Å². The largest absolute Gasteiger partial charge is 0.465 e. The van der Waals surface area contributed by atoms with Gasteiger partial charge in [0.1, 0.15) is 0 Å². The van der Waals surface area contributed by atoms with Crippen LogP contribution in [0.3, 0.4) is 0 Å². The molecule has 1 rings (SSSR count). The van der Waals surface area contributed by atoms with E-state index in [0.717, 1.165) is 51.4 Å². The van der Waals surface area contributed by atoms with Gasteiger partial charge < -0.3 is 9.47 Å². The highest BCUT2D eigenvalue weighted by Gasteiger charge is 2.48. The highest BCUT2D eigenvalue weighted by molar-refractivity contribution is 5.85. The Morgan fingerprint density at radius 2 is 1.23 bits per heavy atom. The number of carbonyl (C=O) groups excluding carboxylic acids is 2. The number of esters is 2. The summed E-state index contributed by atoms with van der Waals surface area (Å²) in [6.45, 7) is 7.30. The molecule has 0 heterocycles. The molecule has 1 aliphatic rings. The minimum Gasteiger partial charge on any atom is -0.465 e.